The molecule has 53 heavy (non-hydrogen) atoms. The van der Waals surface area contributed by atoms with Crippen LogP contribution in [0.5, 0.6) is 0 Å². The Kier molecular flexibility index (Phi) is 7.19. The van der Waals surface area contributed by atoms with E-state index in [1.807, 2.05) is 24.5 Å². The minimum absolute atomic E-state index is 0.101. The summed E-state index contributed by atoms with van der Waals surface area (Å²) < 4.78 is 0. The second kappa shape index (κ2) is 12.3. The standard InChI is InChI=1S/C51H36N2/c1-51(2)44-21-9-8-19-41(44)50-42(20-14-22-45(50)51)49-39-18-7-6-17-38(39)48(40-26-25-34(32-43(40)49)33-15-4-3-5-16-33)37-30-35(46-23-10-12-27-52-46)29-36(31-37)47-24-11-13-28-53-47/h3-32H,1-2H3. The number of rotatable bonds is 5. The fourth-order valence-electron chi connectivity index (χ4n) is 8.69. The molecule has 9 aromatic rings. The highest BCUT2D eigenvalue weighted by atomic mass is 14.7. The summed E-state index contributed by atoms with van der Waals surface area (Å²) in [4.78, 5) is 9.57. The van der Waals surface area contributed by atoms with Crippen LogP contribution in [-0.2, 0) is 5.41 Å². The molecule has 2 nitrogen and oxygen atoms in total. The van der Waals surface area contributed by atoms with E-state index in [0.29, 0.717) is 0 Å². The van der Waals surface area contributed by atoms with Crippen LogP contribution in [-0.4, -0.2) is 9.97 Å². The van der Waals surface area contributed by atoms with E-state index in [0.717, 1.165) is 28.1 Å². The van der Waals surface area contributed by atoms with Crippen LogP contribution < -0.4 is 0 Å². The monoisotopic (exact) mass is 676 g/mol. The minimum atomic E-state index is -0.101. The maximum Gasteiger partial charge on any atom is 0.0702 e. The predicted molar refractivity (Wildman–Crippen MR) is 222 cm³/mol. The summed E-state index contributed by atoms with van der Waals surface area (Å²) in [5.41, 5.74) is 16.6. The highest BCUT2D eigenvalue weighted by molar-refractivity contribution is 6.23. The van der Waals surface area contributed by atoms with Gasteiger partial charge in [-0.1, -0.05) is 135 Å². The molecule has 1 aliphatic rings. The number of hydrogen-bond acceptors (Lipinski definition) is 2. The van der Waals surface area contributed by atoms with Crippen LogP contribution in [0.1, 0.15) is 25.0 Å². The molecule has 0 radical (unpaired) electrons. The molecular weight excluding hydrogens is 641 g/mol. The Morgan fingerprint density at radius 2 is 0.906 bits per heavy atom. The molecule has 2 heteroatoms. The van der Waals surface area contributed by atoms with Gasteiger partial charge in [-0.25, -0.2) is 0 Å². The van der Waals surface area contributed by atoms with Crippen molar-refractivity contribution in [1.29, 1.82) is 0 Å². The maximum absolute atomic E-state index is 4.79. The zero-order valence-electron chi connectivity index (χ0n) is 29.7. The third kappa shape index (κ3) is 5.02. The van der Waals surface area contributed by atoms with Gasteiger partial charge in [0.2, 0.25) is 0 Å². The quantitative estimate of drug-likeness (QED) is 0.170. The summed E-state index contributed by atoms with van der Waals surface area (Å²) in [5.74, 6) is 0. The molecule has 10 rings (SSSR count). The van der Waals surface area contributed by atoms with Gasteiger partial charge in [-0.3, -0.25) is 9.97 Å². The molecule has 250 valence electrons. The summed E-state index contributed by atoms with van der Waals surface area (Å²) in [6, 6.07) is 61.7. The molecule has 0 unspecified atom stereocenters. The molecule has 0 saturated carbocycles. The van der Waals surface area contributed by atoms with Crippen molar-refractivity contribution in [2.24, 2.45) is 0 Å². The molecule has 1 aliphatic carbocycles. The van der Waals surface area contributed by atoms with Gasteiger partial charge in [-0.15, -0.1) is 0 Å². The van der Waals surface area contributed by atoms with Gasteiger partial charge in [0.25, 0.3) is 0 Å². The van der Waals surface area contributed by atoms with Gasteiger partial charge >= 0.3 is 0 Å². The van der Waals surface area contributed by atoms with E-state index in [9.17, 15) is 0 Å². The zero-order chi connectivity index (χ0) is 35.5. The van der Waals surface area contributed by atoms with E-state index >= 15 is 0 Å². The lowest BCUT2D eigenvalue weighted by molar-refractivity contribution is 0.660. The summed E-state index contributed by atoms with van der Waals surface area (Å²) in [5, 5.41) is 4.90. The zero-order valence-corrected chi connectivity index (χ0v) is 29.7. The van der Waals surface area contributed by atoms with Crippen molar-refractivity contribution in [3.63, 3.8) is 0 Å². The average molecular weight is 677 g/mol. The lowest BCUT2D eigenvalue weighted by Crippen LogP contribution is -2.14. The van der Waals surface area contributed by atoms with Crippen molar-refractivity contribution in [3.05, 3.63) is 193 Å². The van der Waals surface area contributed by atoms with E-state index in [1.54, 1.807) is 0 Å². The Balaban J connectivity index is 1.34. The van der Waals surface area contributed by atoms with Gasteiger partial charge in [-0.05, 0) is 126 Å². The second-order valence-corrected chi connectivity index (χ2v) is 14.5. The fourth-order valence-corrected chi connectivity index (χ4v) is 8.69. The second-order valence-electron chi connectivity index (χ2n) is 14.5. The van der Waals surface area contributed by atoms with Gasteiger partial charge < -0.3 is 0 Å². The summed E-state index contributed by atoms with van der Waals surface area (Å²) in [6.07, 6.45) is 3.73. The SMILES string of the molecule is CC1(C)c2ccccc2-c2c(-c3c4ccccc4c(-c4cc(-c5ccccn5)cc(-c5ccccn5)c4)c4ccc(-c5ccccc5)cc34)cccc21. The van der Waals surface area contributed by atoms with Gasteiger partial charge in [-0.2, -0.15) is 0 Å². The number of hydrogen-bond donors (Lipinski definition) is 0. The topological polar surface area (TPSA) is 25.8 Å². The third-order valence-corrected chi connectivity index (χ3v) is 11.2. The fraction of sp³-hybridized carbons (Fsp3) is 0.0588. The predicted octanol–water partition coefficient (Wildman–Crippen LogP) is 13.4. The summed E-state index contributed by atoms with van der Waals surface area (Å²) >= 11 is 0. The first kappa shape index (κ1) is 31.1. The van der Waals surface area contributed by atoms with E-state index in [2.05, 4.69) is 172 Å². The van der Waals surface area contributed by atoms with Crippen LogP contribution in [0.2, 0.25) is 0 Å². The van der Waals surface area contributed by atoms with Gasteiger partial charge in [0.05, 0.1) is 11.4 Å². The minimum Gasteiger partial charge on any atom is -0.256 e. The Morgan fingerprint density at radius 3 is 1.60 bits per heavy atom. The van der Waals surface area contributed by atoms with Gasteiger partial charge in [0.1, 0.15) is 0 Å². The Morgan fingerprint density at radius 1 is 0.340 bits per heavy atom. The van der Waals surface area contributed by atoms with E-state index in [1.165, 1.54) is 71.6 Å². The largest absolute Gasteiger partial charge is 0.256 e. The number of pyridine rings is 2. The molecule has 0 N–H and O–H groups in total. The lowest BCUT2D eigenvalue weighted by atomic mass is 9.80. The van der Waals surface area contributed by atoms with Crippen molar-refractivity contribution in [3.8, 4) is 67.0 Å². The molecule has 0 saturated heterocycles. The first-order chi connectivity index (χ1) is 26.1. The highest BCUT2D eigenvalue weighted by Crippen LogP contribution is 2.55. The van der Waals surface area contributed by atoms with Crippen LogP contribution in [0.3, 0.4) is 0 Å². The highest BCUT2D eigenvalue weighted by Gasteiger charge is 2.37. The van der Waals surface area contributed by atoms with Crippen LogP contribution in [0.25, 0.3) is 88.6 Å². The number of nitrogens with zero attached hydrogens (tertiary/aromatic N) is 2. The first-order valence-corrected chi connectivity index (χ1v) is 18.3. The van der Waals surface area contributed by atoms with Crippen LogP contribution >= 0.6 is 0 Å². The molecule has 0 amide bonds. The molecule has 2 aromatic heterocycles. The summed E-state index contributed by atoms with van der Waals surface area (Å²) in [6.45, 7) is 4.73. The molecule has 0 aliphatic heterocycles. The number of benzene rings is 7. The van der Waals surface area contributed by atoms with Gasteiger partial charge in [0.15, 0.2) is 0 Å². The Bertz CT molecular complexity index is 2780. The third-order valence-electron chi connectivity index (χ3n) is 11.2. The van der Waals surface area contributed by atoms with Crippen molar-refractivity contribution < 1.29 is 0 Å². The normalized spacial score (nSPS) is 12.9. The molecule has 0 bridgehead atoms. The number of fused-ring (bicyclic) bond motifs is 5. The molecule has 0 fully saturated rings. The van der Waals surface area contributed by atoms with Crippen LogP contribution in [0, 0.1) is 0 Å². The van der Waals surface area contributed by atoms with Crippen molar-refractivity contribution in [2.75, 3.05) is 0 Å². The number of aromatic nitrogens is 2. The van der Waals surface area contributed by atoms with Crippen molar-refractivity contribution in [1.82, 2.24) is 9.97 Å². The molecule has 0 atom stereocenters. The Hall–Kier alpha value is -6.64. The van der Waals surface area contributed by atoms with E-state index in [-0.39, 0.29) is 5.41 Å². The van der Waals surface area contributed by atoms with Crippen LogP contribution in [0.15, 0.2) is 182 Å². The Labute approximate surface area is 310 Å². The average Bonchev–Trinajstić information content (AvgIpc) is 3.46. The molecule has 7 aromatic carbocycles. The summed E-state index contributed by atoms with van der Waals surface area (Å²) in [7, 11) is 0. The first-order valence-electron chi connectivity index (χ1n) is 18.3. The van der Waals surface area contributed by atoms with Crippen molar-refractivity contribution >= 4 is 21.5 Å². The molecule has 2 heterocycles. The molecular formula is C51H36N2. The maximum atomic E-state index is 4.79. The molecule has 0 spiro atoms. The van der Waals surface area contributed by atoms with E-state index < -0.39 is 0 Å². The van der Waals surface area contributed by atoms with Crippen LogP contribution in [0.4, 0.5) is 0 Å². The smallest absolute Gasteiger partial charge is 0.0702 e. The van der Waals surface area contributed by atoms with Crippen molar-refractivity contribution in [2.45, 2.75) is 19.3 Å². The lowest BCUT2D eigenvalue weighted by Gasteiger charge is -2.23. The van der Waals surface area contributed by atoms with E-state index in [4.69, 9.17) is 9.97 Å². The van der Waals surface area contributed by atoms with Gasteiger partial charge in [0, 0.05) is 28.9 Å².